The predicted molar refractivity (Wildman–Crippen MR) is 96.5 cm³/mol. The first-order valence-electron chi connectivity index (χ1n) is 7.32. The van der Waals surface area contributed by atoms with E-state index in [0.717, 1.165) is 38.4 Å². The average Bonchev–Trinajstić information content (AvgIpc) is 2.91. The zero-order chi connectivity index (χ0) is 16.4. The topological polar surface area (TPSA) is 52.5 Å². The van der Waals surface area contributed by atoms with Crippen molar-refractivity contribution in [2.75, 3.05) is 6.61 Å². The van der Waals surface area contributed by atoms with Gasteiger partial charge in [-0.25, -0.2) is 4.98 Å². The molecule has 4 nitrogen and oxygen atoms in total. The van der Waals surface area contributed by atoms with Crippen LogP contribution in [0.2, 0.25) is 0 Å². The second-order valence-electron chi connectivity index (χ2n) is 5.46. The second-order valence-corrected chi connectivity index (χ2v) is 6.37. The molecule has 0 aliphatic carbocycles. The molecule has 3 rings (SSSR count). The number of nitrogens with zero attached hydrogens (tertiary/aromatic N) is 2. The van der Waals surface area contributed by atoms with Crippen LogP contribution in [0, 0.1) is 0 Å². The highest BCUT2D eigenvalue weighted by Crippen LogP contribution is 2.27. The van der Waals surface area contributed by atoms with Crippen LogP contribution in [0.1, 0.15) is 12.6 Å². The lowest BCUT2D eigenvalue weighted by molar-refractivity contribution is 0.353. The van der Waals surface area contributed by atoms with Crippen LogP contribution in [0.15, 0.2) is 59.2 Å². The summed E-state index contributed by atoms with van der Waals surface area (Å²) in [6, 6.07) is 11.8. The van der Waals surface area contributed by atoms with Gasteiger partial charge in [-0.1, -0.05) is 6.58 Å². The maximum Gasteiger partial charge on any atom is 0.137 e. The first-order valence-corrected chi connectivity index (χ1v) is 8.12. The molecule has 2 aromatic heterocycles. The fourth-order valence-electron chi connectivity index (χ4n) is 2.41. The van der Waals surface area contributed by atoms with Crippen LogP contribution < -0.4 is 10.5 Å². The fraction of sp³-hybridized carbons (Fsp3) is 0.167. The second kappa shape index (κ2) is 6.56. The molecule has 0 aliphatic heterocycles. The molecule has 3 aromatic rings. The third kappa shape index (κ3) is 3.30. The van der Waals surface area contributed by atoms with Gasteiger partial charge in [0.25, 0.3) is 0 Å². The Morgan fingerprint density at radius 2 is 2.00 bits per heavy atom. The molecular weight excluding hydrogens is 354 g/mol. The van der Waals surface area contributed by atoms with Crippen LogP contribution in [0.25, 0.3) is 16.9 Å². The number of aromatic nitrogens is 2. The van der Waals surface area contributed by atoms with Gasteiger partial charge in [-0.15, -0.1) is 0 Å². The zero-order valence-electron chi connectivity index (χ0n) is 12.9. The van der Waals surface area contributed by atoms with Crippen molar-refractivity contribution in [3.8, 4) is 17.0 Å². The van der Waals surface area contributed by atoms with Gasteiger partial charge in [-0.05, 0) is 64.8 Å². The molecule has 0 saturated carbocycles. The molecule has 0 spiro atoms. The molecule has 0 radical (unpaired) electrons. The van der Waals surface area contributed by atoms with Crippen molar-refractivity contribution in [2.24, 2.45) is 5.73 Å². The van der Waals surface area contributed by atoms with E-state index < -0.39 is 0 Å². The van der Waals surface area contributed by atoms with Crippen LogP contribution in [0.5, 0.6) is 5.75 Å². The number of hydrogen-bond donors (Lipinski definition) is 1. The summed E-state index contributed by atoms with van der Waals surface area (Å²) >= 11 is 3.49. The highest BCUT2D eigenvalue weighted by atomic mass is 79.9. The van der Waals surface area contributed by atoms with Gasteiger partial charge in [-0.2, -0.15) is 0 Å². The molecule has 118 valence electrons. The van der Waals surface area contributed by atoms with Crippen molar-refractivity contribution in [2.45, 2.75) is 13.5 Å². The van der Waals surface area contributed by atoms with E-state index in [9.17, 15) is 0 Å². The third-order valence-corrected chi connectivity index (χ3v) is 3.96. The number of benzene rings is 1. The average molecular weight is 372 g/mol. The van der Waals surface area contributed by atoms with Gasteiger partial charge in [0, 0.05) is 22.8 Å². The molecule has 5 heteroatoms. The van der Waals surface area contributed by atoms with Crippen LogP contribution in [-0.4, -0.2) is 16.0 Å². The standard InChI is InChI=1S/C18H18BrN3O/c1-12(2)11-23-15-6-3-13(4-7-15)18-16(9-20)22-10-14(19)5-8-17(22)21-18/h3-8,10H,1,9,11,20H2,2H3. The Balaban J connectivity index is 1.98. The minimum atomic E-state index is 0.418. The Bertz CT molecular complexity index is 853. The van der Waals surface area contributed by atoms with E-state index in [1.165, 1.54) is 0 Å². The molecule has 1 aromatic carbocycles. The van der Waals surface area contributed by atoms with Crippen LogP contribution in [-0.2, 0) is 6.54 Å². The van der Waals surface area contributed by atoms with Crippen molar-refractivity contribution >= 4 is 21.6 Å². The quantitative estimate of drug-likeness (QED) is 0.684. The van der Waals surface area contributed by atoms with Gasteiger partial charge in [0.2, 0.25) is 0 Å². The normalized spacial score (nSPS) is 10.9. The molecular formula is C18H18BrN3O. The maximum absolute atomic E-state index is 5.95. The van der Waals surface area contributed by atoms with Gasteiger partial charge in [0.1, 0.15) is 18.0 Å². The lowest BCUT2D eigenvalue weighted by Gasteiger charge is -2.07. The van der Waals surface area contributed by atoms with E-state index in [0.29, 0.717) is 13.2 Å². The monoisotopic (exact) mass is 371 g/mol. The summed E-state index contributed by atoms with van der Waals surface area (Å²) in [5.41, 5.74) is 10.7. The molecule has 0 saturated heterocycles. The van der Waals surface area contributed by atoms with Gasteiger partial charge >= 0.3 is 0 Å². The summed E-state index contributed by atoms with van der Waals surface area (Å²) < 4.78 is 8.64. The number of halogens is 1. The van der Waals surface area contributed by atoms with Gasteiger partial charge < -0.3 is 14.9 Å². The smallest absolute Gasteiger partial charge is 0.137 e. The molecule has 0 bridgehead atoms. The Kier molecular flexibility index (Phi) is 4.50. The van der Waals surface area contributed by atoms with Gasteiger partial charge in [0.15, 0.2) is 0 Å². The predicted octanol–water partition coefficient (Wildman–Crippen LogP) is 4.18. The summed E-state index contributed by atoms with van der Waals surface area (Å²) in [6.45, 7) is 6.72. The number of pyridine rings is 1. The minimum Gasteiger partial charge on any atom is -0.489 e. The Labute approximate surface area is 143 Å². The molecule has 2 heterocycles. The van der Waals surface area contributed by atoms with E-state index in [1.807, 2.05) is 53.9 Å². The zero-order valence-corrected chi connectivity index (χ0v) is 14.5. The number of nitrogens with two attached hydrogens (primary N) is 1. The van der Waals surface area contributed by atoms with Crippen molar-refractivity contribution in [1.29, 1.82) is 0 Å². The van der Waals surface area contributed by atoms with Crippen molar-refractivity contribution in [3.63, 3.8) is 0 Å². The van der Waals surface area contributed by atoms with Gasteiger partial charge in [0.05, 0.1) is 11.4 Å². The SMILES string of the molecule is C=C(C)COc1ccc(-c2nc3ccc(Br)cn3c2CN)cc1. The number of fused-ring (bicyclic) bond motifs is 1. The lowest BCUT2D eigenvalue weighted by Crippen LogP contribution is -2.02. The molecule has 23 heavy (non-hydrogen) atoms. The summed E-state index contributed by atoms with van der Waals surface area (Å²) in [7, 11) is 0. The first kappa shape index (κ1) is 15.8. The Morgan fingerprint density at radius 3 is 2.65 bits per heavy atom. The van der Waals surface area contributed by atoms with E-state index in [1.54, 1.807) is 0 Å². The molecule has 0 fully saturated rings. The first-order chi connectivity index (χ1) is 11.1. The van der Waals surface area contributed by atoms with Crippen molar-refractivity contribution < 1.29 is 4.74 Å². The number of ether oxygens (including phenoxy) is 1. The summed E-state index contributed by atoms with van der Waals surface area (Å²) in [4.78, 5) is 4.71. The third-order valence-electron chi connectivity index (χ3n) is 3.49. The molecule has 0 amide bonds. The summed E-state index contributed by atoms with van der Waals surface area (Å²) in [5.74, 6) is 0.817. The van der Waals surface area contributed by atoms with Gasteiger partial charge in [-0.3, -0.25) is 0 Å². The molecule has 0 atom stereocenters. The van der Waals surface area contributed by atoms with E-state index >= 15 is 0 Å². The fourth-order valence-corrected chi connectivity index (χ4v) is 2.75. The molecule has 2 N–H and O–H groups in total. The molecule has 0 aliphatic rings. The summed E-state index contributed by atoms with van der Waals surface area (Å²) in [5, 5.41) is 0. The van der Waals surface area contributed by atoms with Crippen LogP contribution in [0.4, 0.5) is 0 Å². The molecule has 0 unspecified atom stereocenters. The van der Waals surface area contributed by atoms with E-state index in [2.05, 4.69) is 22.5 Å². The Hall–Kier alpha value is -2.11. The van der Waals surface area contributed by atoms with Crippen molar-refractivity contribution in [3.05, 3.63) is 64.9 Å². The Morgan fingerprint density at radius 1 is 1.26 bits per heavy atom. The van der Waals surface area contributed by atoms with E-state index in [-0.39, 0.29) is 0 Å². The summed E-state index contributed by atoms with van der Waals surface area (Å²) in [6.07, 6.45) is 1.98. The van der Waals surface area contributed by atoms with E-state index in [4.69, 9.17) is 15.5 Å². The number of rotatable bonds is 5. The lowest BCUT2D eigenvalue weighted by atomic mass is 10.1. The van der Waals surface area contributed by atoms with Crippen molar-refractivity contribution in [1.82, 2.24) is 9.38 Å². The highest BCUT2D eigenvalue weighted by molar-refractivity contribution is 9.10. The van der Waals surface area contributed by atoms with Crippen LogP contribution >= 0.6 is 15.9 Å². The van der Waals surface area contributed by atoms with Crippen LogP contribution in [0.3, 0.4) is 0 Å². The largest absolute Gasteiger partial charge is 0.489 e. The maximum atomic E-state index is 5.95. The highest BCUT2D eigenvalue weighted by Gasteiger charge is 2.13. The number of hydrogen-bond acceptors (Lipinski definition) is 3. The minimum absolute atomic E-state index is 0.418. The number of imidazole rings is 1.